The lowest BCUT2D eigenvalue weighted by molar-refractivity contribution is -0.139. The Morgan fingerprint density at radius 3 is 2.41 bits per heavy atom. The fraction of sp³-hybridized carbons (Fsp3) is 0.269. The zero-order valence-corrected chi connectivity index (χ0v) is 18.6. The Balaban J connectivity index is 1.76. The maximum Gasteiger partial charge on any atom is 0.295 e. The molecule has 164 valence electrons. The molecule has 0 bridgehead atoms. The van der Waals surface area contributed by atoms with Crippen LogP contribution in [0.25, 0.3) is 5.76 Å². The summed E-state index contributed by atoms with van der Waals surface area (Å²) in [4.78, 5) is 31.8. The van der Waals surface area contributed by atoms with Gasteiger partial charge >= 0.3 is 0 Å². The minimum atomic E-state index is -0.642. The van der Waals surface area contributed by atoms with Crippen LogP contribution in [0.2, 0.25) is 0 Å². The highest BCUT2D eigenvalue weighted by atomic mass is 16.3. The van der Waals surface area contributed by atoms with E-state index in [0.29, 0.717) is 25.1 Å². The smallest absolute Gasteiger partial charge is 0.295 e. The number of imidazole rings is 1. The second-order valence-corrected chi connectivity index (χ2v) is 8.38. The van der Waals surface area contributed by atoms with Crippen molar-refractivity contribution in [2.24, 2.45) is 0 Å². The Labute approximate surface area is 187 Å². The molecule has 0 aliphatic carbocycles. The summed E-state index contributed by atoms with van der Waals surface area (Å²) in [5.41, 5.74) is 4.44. The average molecular weight is 430 g/mol. The fourth-order valence-electron chi connectivity index (χ4n) is 4.18. The van der Waals surface area contributed by atoms with Gasteiger partial charge in [-0.05, 0) is 44.4 Å². The Morgan fingerprint density at radius 1 is 1.00 bits per heavy atom. The van der Waals surface area contributed by atoms with Crippen molar-refractivity contribution in [3.63, 3.8) is 0 Å². The van der Waals surface area contributed by atoms with Gasteiger partial charge in [-0.15, -0.1) is 0 Å². The molecule has 1 fully saturated rings. The van der Waals surface area contributed by atoms with Crippen LogP contribution in [0.15, 0.2) is 66.8 Å². The van der Waals surface area contributed by atoms with Crippen LogP contribution >= 0.6 is 0 Å². The number of likely N-dealkylation sites (tertiary alicyclic amines) is 1. The number of hydrogen-bond acceptors (Lipinski definition) is 4. The molecule has 6 heteroatoms. The van der Waals surface area contributed by atoms with E-state index in [9.17, 15) is 14.7 Å². The number of nitrogens with zero attached hydrogens (tertiary/aromatic N) is 3. The number of aliphatic hydroxyl groups is 1. The monoisotopic (exact) mass is 429 g/mol. The highest BCUT2D eigenvalue weighted by molar-refractivity contribution is 6.46. The number of aliphatic hydroxyl groups excluding tert-OH is 1. The molecular weight excluding hydrogens is 402 g/mol. The first-order valence-corrected chi connectivity index (χ1v) is 10.7. The molecule has 32 heavy (non-hydrogen) atoms. The van der Waals surface area contributed by atoms with Gasteiger partial charge in [0, 0.05) is 31.0 Å². The van der Waals surface area contributed by atoms with E-state index in [-0.39, 0.29) is 11.3 Å². The van der Waals surface area contributed by atoms with Gasteiger partial charge in [-0.1, -0.05) is 47.5 Å². The summed E-state index contributed by atoms with van der Waals surface area (Å²) < 4.78 is 1.94. The summed E-state index contributed by atoms with van der Waals surface area (Å²) in [7, 11) is 0. The highest BCUT2D eigenvalue weighted by Gasteiger charge is 2.45. The van der Waals surface area contributed by atoms with Gasteiger partial charge in [0.05, 0.1) is 17.9 Å². The van der Waals surface area contributed by atoms with Crippen LogP contribution in [0.3, 0.4) is 0 Å². The van der Waals surface area contributed by atoms with Crippen LogP contribution in [-0.4, -0.2) is 37.8 Å². The lowest BCUT2D eigenvalue weighted by Crippen LogP contribution is -2.31. The minimum Gasteiger partial charge on any atom is -0.507 e. The first-order valence-electron chi connectivity index (χ1n) is 10.7. The molecule has 4 rings (SSSR count). The maximum atomic E-state index is 13.1. The summed E-state index contributed by atoms with van der Waals surface area (Å²) in [6.07, 6.45) is 5.97. The van der Waals surface area contributed by atoms with Gasteiger partial charge in [0.15, 0.2) is 0 Å². The van der Waals surface area contributed by atoms with Gasteiger partial charge in [0.25, 0.3) is 11.7 Å². The molecule has 2 heterocycles. The van der Waals surface area contributed by atoms with Crippen LogP contribution in [0.5, 0.6) is 0 Å². The Kier molecular flexibility index (Phi) is 5.95. The Hall–Kier alpha value is -3.67. The molecule has 0 radical (unpaired) electrons. The van der Waals surface area contributed by atoms with Crippen LogP contribution in [-0.2, 0) is 16.1 Å². The quantitative estimate of drug-likeness (QED) is 0.360. The maximum absolute atomic E-state index is 13.1. The van der Waals surface area contributed by atoms with Crippen LogP contribution < -0.4 is 0 Å². The number of aryl methyl sites for hydroxylation is 4. The van der Waals surface area contributed by atoms with Crippen molar-refractivity contribution in [1.29, 1.82) is 0 Å². The molecule has 1 aromatic heterocycles. The molecule has 0 saturated carbocycles. The second-order valence-electron chi connectivity index (χ2n) is 8.38. The van der Waals surface area contributed by atoms with Gasteiger partial charge in [-0.2, -0.15) is 0 Å². The Bertz CT molecular complexity index is 1180. The van der Waals surface area contributed by atoms with Crippen molar-refractivity contribution < 1.29 is 14.7 Å². The van der Waals surface area contributed by atoms with E-state index < -0.39 is 17.7 Å². The molecule has 0 spiro atoms. The molecule has 1 saturated heterocycles. The molecule has 2 aromatic carbocycles. The number of amides is 1. The van der Waals surface area contributed by atoms with Crippen LogP contribution in [0.1, 0.15) is 40.3 Å². The summed E-state index contributed by atoms with van der Waals surface area (Å²) in [6.45, 7) is 6.88. The highest BCUT2D eigenvalue weighted by Crippen LogP contribution is 2.40. The molecule has 3 aromatic rings. The van der Waals surface area contributed by atoms with E-state index in [4.69, 9.17) is 0 Å². The van der Waals surface area contributed by atoms with Crippen LogP contribution in [0, 0.1) is 20.8 Å². The Morgan fingerprint density at radius 2 is 1.72 bits per heavy atom. The van der Waals surface area contributed by atoms with Crippen molar-refractivity contribution >= 4 is 17.4 Å². The van der Waals surface area contributed by atoms with E-state index in [2.05, 4.69) is 4.98 Å². The number of carbonyl (C=O) groups excluding carboxylic acids is 2. The summed E-state index contributed by atoms with van der Waals surface area (Å²) in [5.74, 6) is -1.34. The molecule has 1 N–H and O–H groups in total. The number of Topliss-reactive ketones (excluding diaryl/α,β-unsaturated/α-hetero) is 1. The third-order valence-electron chi connectivity index (χ3n) is 5.96. The van der Waals surface area contributed by atoms with Crippen molar-refractivity contribution in [3.8, 4) is 0 Å². The minimum absolute atomic E-state index is 0.118. The molecule has 6 nitrogen and oxygen atoms in total. The average Bonchev–Trinajstić information content (AvgIpc) is 3.38. The zero-order valence-electron chi connectivity index (χ0n) is 18.6. The predicted molar refractivity (Wildman–Crippen MR) is 123 cm³/mol. The third kappa shape index (κ3) is 4.08. The number of benzene rings is 2. The molecule has 1 aliphatic heterocycles. The first-order chi connectivity index (χ1) is 15.4. The zero-order chi connectivity index (χ0) is 22.8. The third-order valence-corrected chi connectivity index (χ3v) is 5.96. The largest absolute Gasteiger partial charge is 0.507 e. The topological polar surface area (TPSA) is 75.4 Å². The number of rotatable bonds is 6. The molecule has 1 aliphatic rings. The van der Waals surface area contributed by atoms with Gasteiger partial charge in [-0.25, -0.2) is 4.98 Å². The predicted octanol–water partition coefficient (Wildman–Crippen LogP) is 4.32. The van der Waals surface area contributed by atoms with Crippen molar-refractivity contribution in [3.05, 3.63) is 94.6 Å². The standard InChI is InChI=1S/C26H27N3O3/c1-17-6-9-20(10-7-17)23-22(24(30)21-15-18(2)5-8-19(21)3)25(31)26(32)29(23)13-4-12-28-14-11-27-16-28/h5-11,14-16,23,30H,4,12-13H2,1-3H3. The van der Waals surface area contributed by atoms with Gasteiger partial charge in [0.2, 0.25) is 0 Å². The van der Waals surface area contributed by atoms with Gasteiger partial charge < -0.3 is 14.6 Å². The SMILES string of the molecule is Cc1ccc(C2C(=C(O)c3cc(C)ccc3C)C(=O)C(=O)N2CCCn2ccnc2)cc1. The molecule has 1 amide bonds. The number of ketones is 1. The molecular formula is C26H27N3O3. The number of carbonyl (C=O) groups is 2. The summed E-state index contributed by atoms with van der Waals surface area (Å²) >= 11 is 0. The lowest BCUT2D eigenvalue weighted by atomic mass is 9.93. The number of aromatic nitrogens is 2. The fourth-order valence-corrected chi connectivity index (χ4v) is 4.18. The van der Waals surface area contributed by atoms with E-state index in [1.54, 1.807) is 17.4 Å². The molecule has 1 unspecified atom stereocenters. The first kappa shape index (κ1) is 21.6. The van der Waals surface area contributed by atoms with Crippen LogP contribution in [0.4, 0.5) is 0 Å². The van der Waals surface area contributed by atoms with Crippen molar-refractivity contribution in [1.82, 2.24) is 14.5 Å². The van der Waals surface area contributed by atoms with Gasteiger partial charge in [0.1, 0.15) is 5.76 Å². The number of hydrogen-bond donors (Lipinski definition) is 1. The lowest BCUT2D eigenvalue weighted by Gasteiger charge is -2.25. The van der Waals surface area contributed by atoms with E-state index in [1.165, 1.54) is 0 Å². The summed E-state index contributed by atoms with van der Waals surface area (Å²) in [5, 5.41) is 11.3. The van der Waals surface area contributed by atoms with Crippen molar-refractivity contribution in [2.75, 3.05) is 6.54 Å². The second kappa shape index (κ2) is 8.83. The normalized spacial score (nSPS) is 17.8. The van der Waals surface area contributed by atoms with E-state index >= 15 is 0 Å². The van der Waals surface area contributed by atoms with E-state index in [0.717, 1.165) is 22.3 Å². The summed E-state index contributed by atoms with van der Waals surface area (Å²) in [6, 6.07) is 12.8. The molecule has 1 atom stereocenters. The van der Waals surface area contributed by atoms with Gasteiger partial charge in [-0.3, -0.25) is 9.59 Å². The van der Waals surface area contributed by atoms with E-state index in [1.807, 2.05) is 74.0 Å². The van der Waals surface area contributed by atoms with Crippen molar-refractivity contribution in [2.45, 2.75) is 39.8 Å².